The van der Waals surface area contributed by atoms with Gasteiger partial charge < -0.3 is 10.5 Å². The van der Waals surface area contributed by atoms with Crippen molar-refractivity contribution in [1.82, 2.24) is 0 Å². The summed E-state index contributed by atoms with van der Waals surface area (Å²) >= 11 is 0. The van der Waals surface area contributed by atoms with E-state index in [-0.39, 0.29) is 17.7 Å². The zero-order valence-electron chi connectivity index (χ0n) is 10.8. The van der Waals surface area contributed by atoms with Crippen LogP contribution in [0.1, 0.15) is 39.2 Å². The first-order valence-corrected chi connectivity index (χ1v) is 5.97. The predicted octanol–water partition coefficient (Wildman–Crippen LogP) is 2.63. The van der Waals surface area contributed by atoms with Gasteiger partial charge in [-0.3, -0.25) is 4.79 Å². The summed E-state index contributed by atoms with van der Waals surface area (Å²) in [6.07, 6.45) is 1.34. The molecule has 1 rings (SSSR count). The predicted molar refractivity (Wildman–Crippen MR) is 69.1 cm³/mol. The van der Waals surface area contributed by atoms with E-state index in [1.54, 1.807) is 0 Å². The number of carbonyl (C=O) groups is 1. The van der Waals surface area contributed by atoms with Gasteiger partial charge in [0.25, 0.3) is 0 Å². The van der Waals surface area contributed by atoms with E-state index in [0.29, 0.717) is 6.61 Å². The highest BCUT2D eigenvalue weighted by atomic mass is 16.5. The highest BCUT2D eigenvalue weighted by molar-refractivity contribution is 5.73. The van der Waals surface area contributed by atoms with Crippen molar-refractivity contribution in [2.24, 2.45) is 5.73 Å². The molecule has 0 fully saturated rings. The van der Waals surface area contributed by atoms with Crippen molar-refractivity contribution in [2.75, 3.05) is 6.61 Å². The molecule has 1 aromatic carbocycles. The first kappa shape index (κ1) is 13.6. The molecule has 0 aromatic heterocycles. The summed E-state index contributed by atoms with van der Waals surface area (Å²) < 4.78 is 5.42. The fourth-order valence-corrected chi connectivity index (χ4v) is 1.48. The van der Waals surface area contributed by atoms with Gasteiger partial charge in [0.1, 0.15) is 5.75 Å². The maximum absolute atomic E-state index is 10.6. The highest BCUT2D eigenvalue weighted by Crippen LogP contribution is 2.27. The zero-order chi connectivity index (χ0) is 12.9. The third-order valence-corrected chi connectivity index (χ3v) is 3.14. The molecule has 0 saturated heterocycles. The number of ether oxygens (including phenoxy) is 1. The van der Waals surface area contributed by atoms with Crippen LogP contribution in [0.4, 0.5) is 0 Å². The van der Waals surface area contributed by atoms with Crippen LogP contribution < -0.4 is 10.5 Å². The molecule has 0 bridgehead atoms. The molecule has 0 radical (unpaired) electrons. The van der Waals surface area contributed by atoms with Gasteiger partial charge in [0, 0.05) is 0 Å². The van der Waals surface area contributed by atoms with E-state index in [2.05, 4.69) is 32.9 Å². The van der Waals surface area contributed by atoms with Crippen molar-refractivity contribution in [3.05, 3.63) is 29.8 Å². The van der Waals surface area contributed by atoms with Gasteiger partial charge in [-0.15, -0.1) is 0 Å². The van der Waals surface area contributed by atoms with E-state index in [1.165, 1.54) is 5.56 Å². The van der Waals surface area contributed by atoms with E-state index >= 15 is 0 Å². The Morgan fingerprint density at radius 3 is 2.35 bits per heavy atom. The lowest BCUT2D eigenvalue weighted by Crippen LogP contribution is -2.16. The minimum Gasteiger partial charge on any atom is -0.493 e. The third kappa shape index (κ3) is 4.10. The second-order valence-electron chi connectivity index (χ2n) is 4.83. The SMILES string of the molecule is CCC(C)(C)c1ccc(OCCC(N)=O)cc1. The third-order valence-electron chi connectivity index (χ3n) is 3.14. The average molecular weight is 235 g/mol. The Morgan fingerprint density at radius 1 is 1.29 bits per heavy atom. The van der Waals surface area contributed by atoms with E-state index in [4.69, 9.17) is 10.5 Å². The molecule has 1 amide bonds. The highest BCUT2D eigenvalue weighted by Gasteiger charge is 2.17. The van der Waals surface area contributed by atoms with Crippen molar-refractivity contribution in [2.45, 2.75) is 39.0 Å². The average Bonchev–Trinajstić information content (AvgIpc) is 2.29. The lowest BCUT2D eigenvalue weighted by Gasteiger charge is -2.23. The number of primary amides is 1. The molecule has 3 nitrogen and oxygen atoms in total. The summed E-state index contributed by atoms with van der Waals surface area (Å²) in [5.41, 5.74) is 6.52. The largest absolute Gasteiger partial charge is 0.493 e. The number of hydrogen-bond donors (Lipinski definition) is 1. The summed E-state index contributed by atoms with van der Waals surface area (Å²) in [4.78, 5) is 10.6. The summed E-state index contributed by atoms with van der Waals surface area (Å²) in [5, 5.41) is 0. The molecular weight excluding hydrogens is 214 g/mol. The van der Waals surface area contributed by atoms with Crippen molar-refractivity contribution in [3.63, 3.8) is 0 Å². The second kappa shape index (κ2) is 5.71. The van der Waals surface area contributed by atoms with Crippen LogP contribution in [0.15, 0.2) is 24.3 Å². The Kier molecular flexibility index (Phi) is 4.55. The molecular formula is C14H21NO2. The Hall–Kier alpha value is -1.51. The maximum Gasteiger partial charge on any atom is 0.220 e. The number of rotatable bonds is 6. The zero-order valence-corrected chi connectivity index (χ0v) is 10.8. The number of benzene rings is 1. The van der Waals surface area contributed by atoms with Gasteiger partial charge in [-0.1, -0.05) is 32.9 Å². The standard InChI is InChI=1S/C14H21NO2/c1-4-14(2,3)11-5-7-12(8-6-11)17-10-9-13(15)16/h5-8H,4,9-10H2,1-3H3,(H2,15,16). The molecule has 0 unspecified atom stereocenters. The fourth-order valence-electron chi connectivity index (χ4n) is 1.48. The molecule has 2 N–H and O–H groups in total. The Bertz CT molecular complexity index is 368. The van der Waals surface area contributed by atoms with E-state index < -0.39 is 0 Å². The normalized spacial score (nSPS) is 11.2. The molecule has 94 valence electrons. The van der Waals surface area contributed by atoms with Crippen LogP contribution in [0.25, 0.3) is 0 Å². The van der Waals surface area contributed by atoms with Gasteiger partial charge in [0.05, 0.1) is 13.0 Å². The van der Waals surface area contributed by atoms with Gasteiger partial charge in [0.15, 0.2) is 0 Å². The number of hydrogen-bond acceptors (Lipinski definition) is 2. The molecule has 3 heteroatoms. The number of amides is 1. The molecule has 1 aromatic rings. The van der Waals surface area contributed by atoms with Gasteiger partial charge in [-0.2, -0.15) is 0 Å². The smallest absolute Gasteiger partial charge is 0.220 e. The van der Waals surface area contributed by atoms with Crippen LogP contribution >= 0.6 is 0 Å². The van der Waals surface area contributed by atoms with Crippen LogP contribution in [-0.4, -0.2) is 12.5 Å². The number of carbonyl (C=O) groups excluding carboxylic acids is 1. The van der Waals surface area contributed by atoms with E-state index in [1.807, 2.05) is 12.1 Å². The lowest BCUT2D eigenvalue weighted by molar-refractivity contribution is -0.118. The maximum atomic E-state index is 10.6. The first-order valence-electron chi connectivity index (χ1n) is 5.97. The Labute approximate surface area is 103 Å². The molecule has 0 atom stereocenters. The van der Waals surface area contributed by atoms with E-state index in [9.17, 15) is 4.79 Å². The van der Waals surface area contributed by atoms with Crippen LogP contribution in [0.3, 0.4) is 0 Å². The summed E-state index contributed by atoms with van der Waals surface area (Å²) in [6, 6.07) is 8.02. The molecule has 17 heavy (non-hydrogen) atoms. The van der Waals surface area contributed by atoms with Gasteiger partial charge in [0.2, 0.25) is 5.91 Å². The molecule has 0 saturated carbocycles. The molecule has 0 aliphatic heterocycles. The Balaban J connectivity index is 2.59. The van der Waals surface area contributed by atoms with E-state index in [0.717, 1.165) is 12.2 Å². The van der Waals surface area contributed by atoms with Crippen LogP contribution in [0.2, 0.25) is 0 Å². The first-order chi connectivity index (χ1) is 7.95. The van der Waals surface area contributed by atoms with Crippen molar-refractivity contribution < 1.29 is 9.53 Å². The van der Waals surface area contributed by atoms with Crippen molar-refractivity contribution >= 4 is 5.91 Å². The van der Waals surface area contributed by atoms with Gasteiger partial charge in [-0.05, 0) is 29.5 Å². The minimum absolute atomic E-state index is 0.186. The molecule has 0 spiro atoms. The fraction of sp³-hybridized carbons (Fsp3) is 0.500. The lowest BCUT2D eigenvalue weighted by atomic mass is 9.82. The summed E-state index contributed by atoms with van der Waals surface area (Å²) in [7, 11) is 0. The van der Waals surface area contributed by atoms with Gasteiger partial charge in [-0.25, -0.2) is 0 Å². The minimum atomic E-state index is -0.339. The molecule has 0 heterocycles. The number of nitrogens with two attached hydrogens (primary N) is 1. The molecule has 0 aliphatic carbocycles. The van der Waals surface area contributed by atoms with Crippen molar-refractivity contribution in [1.29, 1.82) is 0 Å². The van der Waals surface area contributed by atoms with Crippen LogP contribution in [-0.2, 0) is 10.2 Å². The van der Waals surface area contributed by atoms with Crippen LogP contribution in [0, 0.1) is 0 Å². The van der Waals surface area contributed by atoms with Crippen molar-refractivity contribution in [3.8, 4) is 5.75 Å². The van der Waals surface area contributed by atoms with Gasteiger partial charge >= 0.3 is 0 Å². The topological polar surface area (TPSA) is 52.3 Å². The molecule has 0 aliphatic rings. The Morgan fingerprint density at radius 2 is 1.88 bits per heavy atom. The quantitative estimate of drug-likeness (QED) is 0.824. The second-order valence-corrected chi connectivity index (χ2v) is 4.83. The van der Waals surface area contributed by atoms with Crippen LogP contribution in [0.5, 0.6) is 5.75 Å². The monoisotopic (exact) mass is 235 g/mol. The summed E-state index contributed by atoms with van der Waals surface area (Å²) in [5.74, 6) is 0.440. The summed E-state index contributed by atoms with van der Waals surface area (Å²) in [6.45, 7) is 6.95.